The summed E-state index contributed by atoms with van der Waals surface area (Å²) < 4.78 is 40.2. The molecule has 1 aromatic carbocycles. The second kappa shape index (κ2) is 4.37. The Morgan fingerprint density at radius 3 is 2.40 bits per heavy atom. The van der Waals surface area contributed by atoms with Crippen molar-refractivity contribution in [1.29, 1.82) is 0 Å². The van der Waals surface area contributed by atoms with Gasteiger partial charge in [-0.05, 0) is 26.0 Å². The molecule has 1 aromatic rings. The van der Waals surface area contributed by atoms with E-state index in [-0.39, 0.29) is 11.9 Å². The van der Waals surface area contributed by atoms with Crippen molar-refractivity contribution in [3.05, 3.63) is 24.0 Å². The molecule has 0 radical (unpaired) electrons. The molecule has 3 nitrogen and oxygen atoms in total. The zero-order valence-electron chi connectivity index (χ0n) is 8.20. The highest BCUT2D eigenvalue weighted by Crippen LogP contribution is 2.23. The second-order valence-electron chi connectivity index (χ2n) is 3.20. The van der Waals surface area contributed by atoms with E-state index in [1.807, 2.05) is 0 Å². The maximum Gasteiger partial charge on any atom is 0.264 e. The van der Waals surface area contributed by atoms with Gasteiger partial charge >= 0.3 is 0 Å². The number of hydrogen-bond acceptors (Lipinski definition) is 3. The molecule has 0 aliphatic rings. The van der Waals surface area contributed by atoms with Crippen LogP contribution in [0.5, 0.6) is 5.75 Å². The molecule has 0 N–H and O–H groups in total. The van der Waals surface area contributed by atoms with Gasteiger partial charge in [0.2, 0.25) is 0 Å². The molecule has 0 aliphatic heterocycles. The molecule has 0 atom stereocenters. The number of ether oxygens (including phenoxy) is 1. The molecular weight excluding hydrogens is 243 g/mol. The van der Waals surface area contributed by atoms with Crippen LogP contribution in [0.15, 0.2) is 23.1 Å². The lowest BCUT2D eigenvalue weighted by Gasteiger charge is -2.09. The smallest absolute Gasteiger partial charge is 0.264 e. The van der Waals surface area contributed by atoms with Crippen molar-refractivity contribution in [3.63, 3.8) is 0 Å². The van der Waals surface area contributed by atoms with E-state index in [4.69, 9.17) is 15.4 Å². The van der Waals surface area contributed by atoms with E-state index in [2.05, 4.69) is 0 Å². The van der Waals surface area contributed by atoms with Crippen molar-refractivity contribution in [3.8, 4) is 5.75 Å². The van der Waals surface area contributed by atoms with Crippen molar-refractivity contribution in [2.24, 2.45) is 0 Å². The van der Waals surface area contributed by atoms with Crippen LogP contribution in [-0.2, 0) is 9.05 Å². The minimum Gasteiger partial charge on any atom is -0.491 e. The van der Waals surface area contributed by atoms with E-state index in [0.717, 1.165) is 12.1 Å². The number of hydrogen-bond donors (Lipinski definition) is 0. The molecule has 84 valence electrons. The predicted octanol–water partition coefficient (Wildman–Crippen LogP) is 2.54. The Morgan fingerprint density at radius 2 is 2.00 bits per heavy atom. The molecular formula is C9H10ClFO3S. The highest BCUT2D eigenvalue weighted by atomic mass is 35.7. The summed E-state index contributed by atoms with van der Waals surface area (Å²) in [6, 6.07) is 3.43. The van der Waals surface area contributed by atoms with Crippen LogP contribution in [0.2, 0.25) is 0 Å². The Kier molecular flexibility index (Phi) is 3.57. The first-order valence-electron chi connectivity index (χ1n) is 4.21. The summed E-state index contributed by atoms with van der Waals surface area (Å²) >= 11 is 0. The summed E-state index contributed by atoms with van der Waals surface area (Å²) in [5.41, 5.74) is 0. The van der Waals surface area contributed by atoms with Gasteiger partial charge in [-0.3, -0.25) is 0 Å². The Balaban J connectivity index is 3.09. The Bertz CT molecular complexity index is 456. The molecule has 0 aliphatic carbocycles. The van der Waals surface area contributed by atoms with E-state index in [0.29, 0.717) is 0 Å². The standard InChI is InChI=1S/C9H10ClFO3S/c1-6(2)14-7-3-4-9(8(11)5-7)15(10,12)13/h3-6H,1-2H3. The molecule has 0 spiro atoms. The zero-order valence-corrected chi connectivity index (χ0v) is 9.77. The molecule has 0 bridgehead atoms. The number of benzene rings is 1. The van der Waals surface area contributed by atoms with Crippen molar-refractivity contribution >= 4 is 19.7 Å². The lowest BCUT2D eigenvalue weighted by Crippen LogP contribution is -2.06. The first kappa shape index (κ1) is 12.3. The van der Waals surface area contributed by atoms with Crippen LogP contribution in [0, 0.1) is 5.82 Å². The quantitative estimate of drug-likeness (QED) is 0.777. The third-order valence-electron chi connectivity index (χ3n) is 1.54. The summed E-state index contributed by atoms with van der Waals surface area (Å²) in [6.45, 7) is 3.56. The van der Waals surface area contributed by atoms with Crippen LogP contribution in [-0.4, -0.2) is 14.5 Å². The molecule has 6 heteroatoms. The molecule has 0 amide bonds. The van der Waals surface area contributed by atoms with Gasteiger partial charge in [0.25, 0.3) is 9.05 Å². The minimum absolute atomic E-state index is 0.108. The van der Waals surface area contributed by atoms with Gasteiger partial charge in [-0.25, -0.2) is 12.8 Å². The Morgan fingerprint density at radius 1 is 1.40 bits per heavy atom. The van der Waals surface area contributed by atoms with Gasteiger partial charge in [-0.2, -0.15) is 0 Å². The van der Waals surface area contributed by atoms with E-state index < -0.39 is 19.8 Å². The normalized spacial score (nSPS) is 11.8. The fourth-order valence-corrected chi connectivity index (χ4v) is 1.92. The van der Waals surface area contributed by atoms with Crippen LogP contribution in [0.1, 0.15) is 13.8 Å². The molecule has 0 saturated heterocycles. The first-order chi connectivity index (χ1) is 6.80. The largest absolute Gasteiger partial charge is 0.491 e. The summed E-state index contributed by atoms with van der Waals surface area (Å²) in [5, 5.41) is 0. The fourth-order valence-electron chi connectivity index (χ4n) is 1.02. The van der Waals surface area contributed by atoms with E-state index in [1.54, 1.807) is 13.8 Å². The predicted molar refractivity (Wildman–Crippen MR) is 55.2 cm³/mol. The van der Waals surface area contributed by atoms with Gasteiger partial charge in [-0.15, -0.1) is 0 Å². The van der Waals surface area contributed by atoms with Crippen LogP contribution in [0.3, 0.4) is 0 Å². The maximum atomic E-state index is 13.3. The fraction of sp³-hybridized carbons (Fsp3) is 0.333. The molecule has 0 unspecified atom stereocenters. The van der Waals surface area contributed by atoms with E-state index in [9.17, 15) is 12.8 Å². The van der Waals surface area contributed by atoms with Crippen molar-refractivity contribution in [1.82, 2.24) is 0 Å². The van der Waals surface area contributed by atoms with Gasteiger partial charge in [0.1, 0.15) is 16.5 Å². The van der Waals surface area contributed by atoms with Crippen LogP contribution >= 0.6 is 10.7 Å². The second-order valence-corrected chi connectivity index (χ2v) is 5.73. The van der Waals surface area contributed by atoms with Gasteiger partial charge in [-0.1, -0.05) is 0 Å². The van der Waals surface area contributed by atoms with Crippen LogP contribution in [0.25, 0.3) is 0 Å². The maximum absolute atomic E-state index is 13.3. The lowest BCUT2D eigenvalue weighted by molar-refractivity contribution is 0.241. The average molecular weight is 253 g/mol. The first-order valence-corrected chi connectivity index (χ1v) is 6.52. The van der Waals surface area contributed by atoms with Crippen LogP contribution in [0.4, 0.5) is 4.39 Å². The average Bonchev–Trinajstić information content (AvgIpc) is 1.99. The third-order valence-corrected chi connectivity index (χ3v) is 2.89. The Labute approximate surface area is 92.2 Å². The monoisotopic (exact) mass is 252 g/mol. The van der Waals surface area contributed by atoms with Crippen molar-refractivity contribution in [2.75, 3.05) is 0 Å². The molecule has 15 heavy (non-hydrogen) atoms. The number of halogens is 2. The number of rotatable bonds is 3. The zero-order chi connectivity index (χ0) is 11.6. The third kappa shape index (κ3) is 3.35. The molecule has 0 saturated carbocycles. The molecule has 0 fully saturated rings. The van der Waals surface area contributed by atoms with Gasteiger partial charge in [0.15, 0.2) is 0 Å². The van der Waals surface area contributed by atoms with Crippen molar-refractivity contribution in [2.45, 2.75) is 24.8 Å². The van der Waals surface area contributed by atoms with Crippen LogP contribution < -0.4 is 4.74 Å². The topological polar surface area (TPSA) is 43.4 Å². The SMILES string of the molecule is CC(C)Oc1ccc(S(=O)(=O)Cl)c(F)c1. The summed E-state index contributed by atoms with van der Waals surface area (Å²) in [5.74, 6) is -0.644. The summed E-state index contributed by atoms with van der Waals surface area (Å²) in [6.07, 6.45) is -0.108. The van der Waals surface area contributed by atoms with Gasteiger partial charge < -0.3 is 4.74 Å². The van der Waals surface area contributed by atoms with Gasteiger partial charge in [0, 0.05) is 16.7 Å². The van der Waals surface area contributed by atoms with Gasteiger partial charge in [0.05, 0.1) is 6.10 Å². The molecule has 1 rings (SSSR count). The summed E-state index contributed by atoms with van der Waals surface area (Å²) in [7, 11) is 0.976. The Hall–Kier alpha value is -0.810. The minimum atomic E-state index is -4.04. The molecule has 0 aromatic heterocycles. The molecule has 0 heterocycles. The van der Waals surface area contributed by atoms with Crippen molar-refractivity contribution < 1.29 is 17.5 Å². The van der Waals surface area contributed by atoms with E-state index in [1.165, 1.54) is 6.07 Å². The highest BCUT2D eigenvalue weighted by Gasteiger charge is 2.16. The highest BCUT2D eigenvalue weighted by molar-refractivity contribution is 8.13. The van der Waals surface area contributed by atoms with E-state index >= 15 is 0 Å². The summed E-state index contributed by atoms with van der Waals surface area (Å²) in [4.78, 5) is -0.541. The lowest BCUT2D eigenvalue weighted by atomic mass is 10.3.